The van der Waals surface area contributed by atoms with Crippen LogP contribution < -0.4 is 0 Å². The highest BCUT2D eigenvalue weighted by Crippen LogP contribution is 2.32. The van der Waals surface area contributed by atoms with Gasteiger partial charge >= 0.3 is 0 Å². The maximum absolute atomic E-state index is 13.1. The number of hydrogen-bond donors (Lipinski definition) is 0. The van der Waals surface area contributed by atoms with Crippen LogP contribution in [0.2, 0.25) is 0 Å². The highest BCUT2D eigenvalue weighted by atomic mass is 16.5. The fourth-order valence-corrected chi connectivity index (χ4v) is 4.60. The summed E-state index contributed by atoms with van der Waals surface area (Å²) < 4.78 is 13.7. The number of rotatable bonds is 2. The number of amides is 1. The third-order valence-electron chi connectivity index (χ3n) is 6.25. The molecular formula is C21H24N4O3. The van der Waals surface area contributed by atoms with Crippen molar-refractivity contribution in [3.63, 3.8) is 0 Å². The van der Waals surface area contributed by atoms with Gasteiger partial charge in [0.25, 0.3) is 0 Å². The van der Waals surface area contributed by atoms with Crippen molar-refractivity contribution in [1.29, 1.82) is 0 Å². The van der Waals surface area contributed by atoms with E-state index >= 15 is 0 Å². The molecular weight excluding hydrogens is 356 g/mol. The number of carbonyl (C=O) groups excluding carboxylic acids is 1. The maximum Gasteiger partial charge on any atom is 0.227 e. The quantitative estimate of drug-likeness (QED) is 0.683. The normalized spacial score (nSPS) is 21.6. The van der Waals surface area contributed by atoms with Gasteiger partial charge in [-0.2, -0.15) is 0 Å². The number of hydrogen-bond acceptors (Lipinski definition) is 5. The zero-order valence-corrected chi connectivity index (χ0v) is 16.4. The molecule has 0 aliphatic carbocycles. The van der Waals surface area contributed by atoms with E-state index in [2.05, 4.69) is 37.1 Å². The zero-order valence-electron chi connectivity index (χ0n) is 16.4. The summed E-state index contributed by atoms with van der Waals surface area (Å²) in [6, 6.07) is 2.20. The molecule has 0 unspecified atom stereocenters. The van der Waals surface area contributed by atoms with E-state index < -0.39 is 0 Å². The average molecular weight is 380 g/mol. The van der Waals surface area contributed by atoms with E-state index in [1.54, 1.807) is 12.5 Å². The number of aromatic nitrogens is 3. The lowest BCUT2D eigenvalue weighted by Gasteiger charge is -2.41. The third-order valence-corrected chi connectivity index (χ3v) is 6.25. The number of piperidine rings is 1. The van der Waals surface area contributed by atoms with Crippen LogP contribution in [0.3, 0.4) is 0 Å². The average Bonchev–Trinajstić information content (AvgIpc) is 3.33. The van der Waals surface area contributed by atoms with Crippen molar-refractivity contribution in [3.05, 3.63) is 46.5 Å². The fourth-order valence-electron chi connectivity index (χ4n) is 4.60. The summed E-state index contributed by atoms with van der Waals surface area (Å²) in [6.07, 6.45) is 4.74. The van der Waals surface area contributed by atoms with Crippen LogP contribution in [0.15, 0.2) is 22.9 Å². The van der Waals surface area contributed by atoms with Crippen molar-refractivity contribution in [2.45, 2.75) is 52.4 Å². The lowest BCUT2D eigenvalue weighted by atomic mass is 9.97. The van der Waals surface area contributed by atoms with Gasteiger partial charge in [0, 0.05) is 24.0 Å². The Balaban J connectivity index is 1.39. The van der Waals surface area contributed by atoms with Gasteiger partial charge in [0.15, 0.2) is 0 Å². The molecule has 28 heavy (non-hydrogen) atoms. The Morgan fingerprint density at radius 3 is 3.00 bits per heavy atom. The number of nitrogens with zero attached hydrogens (tertiary/aromatic N) is 4. The van der Waals surface area contributed by atoms with E-state index in [4.69, 9.17) is 9.15 Å². The van der Waals surface area contributed by atoms with Gasteiger partial charge in [-0.3, -0.25) is 4.79 Å². The van der Waals surface area contributed by atoms with Crippen LogP contribution in [0.1, 0.15) is 40.4 Å². The Kier molecular flexibility index (Phi) is 4.01. The van der Waals surface area contributed by atoms with Crippen molar-refractivity contribution >= 4 is 16.9 Å². The Labute approximate surface area is 163 Å². The molecule has 2 aromatic heterocycles. The van der Waals surface area contributed by atoms with E-state index in [-0.39, 0.29) is 18.1 Å². The van der Waals surface area contributed by atoms with Crippen molar-refractivity contribution in [2.75, 3.05) is 13.1 Å². The minimum absolute atomic E-state index is 0.0386. The number of ether oxygens (including phenoxy) is 1. The second-order valence-corrected chi connectivity index (χ2v) is 7.99. The summed E-state index contributed by atoms with van der Waals surface area (Å²) >= 11 is 0. The molecule has 3 aromatic rings. The van der Waals surface area contributed by atoms with E-state index in [1.165, 1.54) is 5.56 Å². The van der Waals surface area contributed by atoms with Crippen LogP contribution in [0, 0.1) is 20.8 Å². The molecule has 1 saturated heterocycles. The van der Waals surface area contributed by atoms with Gasteiger partial charge in [0.1, 0.15) is 5.58 Å². The Hall–Kier alpha value is -2.67. The van der Waals surface area contributed by atoms with Crippen LogP contribution in [0.5, 0.6) is 0 Å². The minimum atomic E-state index is 0.0386. The Morgan fingerprint density at radius 2 is 2.14 bits per heavy atom. The van der Waals surface area contributed by atoms with E-state index in [0.29, 0.717) is 26.1 Å². The van der Waals surface area contributed by atoms with Crippen molar-refractivity contribution < 1.29 is 13.9 Å². The van der Waals surface area contributed by atoms with Gasteiger partial charge in [-0.05, 0) is 43.9 Å². The van der Waals surface area contributed by atoms with Crippen LogP contribution >= 0.6 is 0 Å². The first-order valence-corrected chi connectivity index (χ1v) is 9.78. The maximum atomic E-state index is 13.1. The number of aryl methyl sites for hydroxylation is 3. The summed E-state index contributed by atoms with van der Waals surface area (Å²) in [6.45, 7) is 8.08. The lowest BCUT2D eigenvalue weighted by molar-refractivity contribution is -0.137. The predicted molar refractivity (Wildman–Crippen MR) is 103 cm³/mol. The molecule has 0 N–H and O–H groups in total. The lowest BCUT2D eigenvalue weighted by Crippen LogP contribution is -2.50. The third kappa shape index (κ3) is 2.64. The van der Waals surface area contributed by atoms with Crippen molar-refractivity contribution in [2.24, 2.45) is 0 Å². The van der Waals surface area contributed by atoms with Crippen LogP contribution in [-0.2, 0) is 22.6 Å². The van der Waals surface area contributed by atoms with Crippen LogP contribution in [0.25, 0.3) is 11.0 Å². The molecule has 0 saturated carbocycles. The predicted octanol–water partition coefficient (Wildman–Crippen LogP) is 2.86. The summed E-state index contributed by atoms with van der Waals surface area (Å²) in [5, 5.41) is 9.29. The molecule has 2 aliphatic rings. The van der Waals surface area contributed by atoms with E-state index in [0.717, 1.165) is 39.8 Å². The highest BCUT2D eigenvalue weighted by molar-refractivity contribution is 5.92. The molecule has 0 spiro atoms. The van der Waals surface area contributed by atoms with Gasteiger partial charge in [-0.15, -0.1) is 5.10 Å². The smallest absolute Gasteiger partial charge is 0.227 e. The zero-order chi connectivity index (χ0) is 19.4. The molecule has 1 fully saturated rings. The molecule has 1 amide bonds. The summed E-state index contributed by atoms with van der Waals surface area (Å²) in [5.74, 6) is 0.117. The Morgan fingerprint density at radius 1 is 1.29 bits per heavy atom. The first-order chi connectivity index (χ1) is 13.5. The Bertz CT molecular complexity index is 1070. The van der Waals surface area contributed by atoms with Crippen LogP contribution in [-0.4, -0.2) is 45.0 Å². The number of furan rings is 1. The second-order valence-electron chi connectivity index (χ2n) is 7.99. The molecule has 2 atom stereocenters. The second kappa shape index (κ2) is 6.44. The summed E-state index contributed by atoms with van der Waals surface area (Å²) in [7, 11) is 0. The first kappa shape index (κ1) is 17.4. The SMILES string of the molecule is Cc1cc(C)c2c(CC(=O)N3CC[C@H]4OCc5cnnn5[C@@H]4C3)coc2c1C. The molecule has 7 nitrogen and oxygen atoms in total. The van der Waals surface area contributed by atoms with Gasteiger partial charge in [-0.1, -0.05) is 11.3 Å². The number of carbonyl (C=O) groups is 1. The summed E-state index contributed by atoms with van der Waals surface area (Å²) in [5.41, 5.74) is 6.33. The van der Waals surface area contributed by atoms with Crippen molar-refractivity contribution in [1.82, 2.24) is 19.9 Å². The monoisotopic (exact) mass is 380 g/mol. The van der Waals surface area contributed by atoms with E-state index in [9.17, 15) is 4.79 Å². The number of fused-ring (bicyclic) bond motifs is 4. The first-order valence-electron chi connectivity index (χ1n) is 9.78. The van der Waals surface area contributed by atoms with Crippen LogP contribution in [0.4, 0.5) is 0 Å². The topological polar surface area (TPSA) is 73.4 Å². The number of benzene rings is 1. The standard InChI is InChI=1S/C21H24N4O3/c1-12-6-13(2)20-15(10-28-21(20)14(12)3)7-19(26)24-5-4-18-17(9-24)25-16(11-27-18)8-22-23-25/h6,8,10,17-18H,4-5,7,9,11H2,1-3H3/t17-,18-/m1/s1. The van der Waals surface area contributed by atoms with Crippen molar-refractivity contribution in [3.8, 4) is 0 Å². The van der Waals surface area contributed by atoms with Gasteiger partial charge in [0.05, 0.1) is 43.3 Å². The molecule has 0 radical (unpaired) electrons. The van der Waals surface area contributed by atoms with E-state index in [1.807, 2.05) is 9.58 Å². The van der Waals surface area contributed by atoms with Gasteiger partial charge in [-0.25, -0.2) is 4.68 Å². The highest BCUT2D eigenvalue weighted by Gasteiger charge is 2.37. The van der Waals surface area contributed by atoms with Gasteiger partial charge in [0.2, 0.25) is 5.91 Å². The molecule has 146 valence electrons. The molecule has 1 aromatic carbocycles. The molecule has 7 heteroatoms. The fraction of sp³-hybridized carbons (Fsp3) is 0.476. The largest absolute Gasteiger partial charge is 0.464 e. The minimum Gasteiger partial charge on any atom is -0.464 e. The van der Waals surface area contributed by atoms with Gasteiger partial charge < -0.3 is 14.1 Å². The number of likely N-dealkylation sites (tertiary alicyclic amines) is 1. The summed E-state index contributed by atoms with van der Waals surface area (Å²) in [4.78, 5) is 15.0. The molecule has 5 rings (SSSR count). The molecule has 4 heterocycles. The molecule has 0 bridgehead atoms. The molecule has 2 aliphatic heterocycles.